The van der Waals surface area contributed by atoms with Gasteiger partial charge in [-0.3, -0.25) is 4.79 Å². The summed E-state index contributed by atoms with van der Waals surface area (Å²) in [4.78, 5) is 12.0. The quantitative estimate of drug-likeness (QED) is 0.708. The van der Waals surface area contributed by atoms with Crippen molar-refractivity contribution in [3.8, 4) is 0 Å². The van der Waals surface area contributed by atoms with Crippen LogP contribution in [0.4, 0.5) is 0 Å². The number of hydrogen-bond donors (Lipinski definition) is 0. The van der Waals surface area contributed by atoms with E-state index in [2.05, 4.69) is 0 Å². The SMILES string of the molecule is CCOC(C)C(=O)c1cc(C)ccc1C. The lowest BCUT2D eigenvalue weighted by Crippen LogP contribution is -2.21. The zero-order valence-corrected chi connectivity index (χ0v) is 9.83. The molecule has 0 bridgehead atoms. The lowest BCUT2D eigenvalue weighted by atomic mass is 9.99. The van der Waals surface area contributed by atoms with E-state index in [-0.39, 0.29) is 11.9 Å². The Morgan fingerprint density at radius 2 is 2.07 bits per heavy atom. The summed E-state index contributed by atoms with van der Waals surface area (Å²) in [5, 5.41) is 0. The summed E-state index contributed by atoms with van der Waals surface area (Å²) in [6, 6.07) is 5.91. The van der Waals surface area contributed by atoms with Gasteiger partial charge in [0.15, 0.2) is 5.78 Å². The standard InChI is InChI=1S/C13H18O2/c1-5-15-11(4)13(14)12-8-9(2)6-7-10(12)3/h6-8,11H,5H2,1-4H3. The summed E-state index contributed by atoms with van der Waals surface area (Å²) in [6.07, 6.45) is -0.351. The number of carbonyl (C=O) groups is 1. The van der Waals surface area contributed by atoms with Crippen molar-refractivity contribution >= 4 is 5.78 Å². The Morgan fingerprint density at radius 1 is 1.40 bits per heavy atom. The van der Waals surface area contributed by atoms with E-state index in [9.17, 15) is 4.79 Å². The van der Waals surface area contributed by atoms with Crippen molar-refractivity contribution in [2.75, 3.05) is 6.61 Å². The summed E-state index contributed by atoms with van der Waals surface area (Å²) < 4.78 is 5.30. The van der Waals surface area contributed by atoms with Gasteiger partial charge in [-0.1, -0.05) is 17.7 Å². The van der Waals surface area contributed by atoms with Crippen molar-refractivity contribution in [2.45, 2.75) is 33.8 Å². The maximum atomic E-state index is 12.0. The summed E-state index contributed by atoms with van der Waals surface area (Å²) in [7, 11) is 0. The van der Waals surface area contributed by atoms with Crippen molar-refractivity contribution < 1.29 is 9.53 Å². The maximum Gasteiger partial charge on any atom is 0.191 e. The van der Waals surface area contributed by atoms with Crippen LogP contribution < -0.4 is 0 Å². The Bertz CT molecular complexity index is 356. The minimum Gasteiger partial charge on any atom is -0.371 e. The van der Waals surface area contributed by atoms with Crippen LogP contribution in [0.3, 0.4) is 0 Å². The zero-order chi connectivity index (χ0) is 11.4. The van der Waals surface area contributed by atoms with Crippen LogP contribution in [0.2, 0.25) is 0 Å². The normalized spacial score (nSPS) is 12.5. The number of hydrogen-bond acceptors (Lipinski definition) is 2. The molecule has 1 rings (SSSR count). The number of ketones is 1. The van der Waals surface area contributed by atoms with Crippen molar-refractivity contribution in [1.82, 2.24) is 0 Å². The molecule has 15 heavy (non-hydrogen) atoms. The van der Waals surface area contributed by atoms with Gasteiger partial charge in [-0.2, -0.15) is 0 Å². The minimum atomic E-state index is -0.351. The Hall–Kier alpha value is -1.15. The molecular weight excluding hydrogens is 188 g/mol. The van der Waals surface area contributed by atoms with Gasteiger partial charge >= 0.3 is 0 Å². The Morgan fingerprint density at radius 3 is 2.67 bits per heavy atom. The third-order valence-electron chi connectivity index (χ3n) is 2.44. The van der Waals surface area contributed by atoms with Crippen molar-refractivity contribution in [1.29, 1.82) is 0 Å². The van der Waals surface area contributed by atoms with Crippen molar-refractivity contribution in [3.05, 3.63) is 34.9 Å². The molecule has 0 spiro atoms. The van der Waals surface area contributed by atoms with Crippen LogP contribution in [0.15, 0.2) is 18.2 Å². The minimum absolute atomic E-state index is 0.0676. The number of benzene rings is 1. The molecule has 0 heterocycles. The van der Waals surface area contributed by atoms with Gasteiger partial charge in [0, 0.05) is 12.2 Å². The van der Waals surface area contributed by atoms with Gasteiger partial charge in [0.25, 0.3) is 0 Å². The van der Waals surface area contributed by atoms with Gasteiger partial charge in [0.2, 0.25) is 0 Å². The predicted molar refractivity (Wildman–Crippen MR) is 61.3 cm³/mol. The molecule has 0 N–H and O–H groups in total. The van der Waals surface area contributed by atoms with Gasteiger partial charge in [-0.05, 0) is 39.3 Å². The third kappa shape index (κ3) is 2.90. The van der Waals surface area contributed by atoms with E-state index in [1.807, 2.05) is 39.0 Å². The molecule has 1 aromatic carbocycles. The van der Waals surface area contributed by atoms with Gasteiger partial charge in [0.1, 0.15) is 6.10 Å². The number of aryl methyl sites for hydroxylation is 2. The second-order valence-corrected chi connectivity index (χ2v) is 3.78. The summed E-state index contributed by atoms with van der Waals surface area (Å²) in [5.41, 5.74) is 2.89. The van der Waals surface area contributed by atoms with E-state index >= 15 is 0 Å². The average molecular weight is 206 g/mol. The molecule has 0 saturated carbocycles. The van der Waals surface area contributed by atoms with Crippen molar-refractivity contribution in [3.63, 3.8) is 0 Å². The Labute approximate surface area is 91.3 Å². The molecule has 0 amide bonds. The van der Waals surface area contributed by atoms with Crippen LogP contribution >= 0.6 is 0 Å². The second-order valence-electron chi connectivity index (χ2n) is 3.78. The van der Waals surface area contributed by atoms with Gasteiger partial charge in [-0.15, -0.1) is 0 Å². The zero-order valence-electron chi connectivity index (χ0n) is 9.83. The molecule has 1 unspecified atom stereocenters. The van der Waals surface area contributed by atoms with Crippen LogP contribution in [0.1, 0.15) is 35.3 Å². The van der Waals surface area contributed by atoms with Crippen molar-refractivity contribution in [2.24, 2.45) is 0 Å². The van der Waals surface area contributed by atoms with Gasteiger partial charge in [0.05, 0.1) is 0 Å². The van der Waals surface area contributed by atoms with E-state index < -0.39 is 0 Å². The lowest BCUT2D eigenvalue weighted by molar-refractivity contribution is 0.0520. The molecule has 0 aliphatic heterocycles. The molecule has 2 nitrogen and oxygen atoms in total. The molecule has 0 radical (unpaired) electrons. The molecule has 82 valence electrons. The lowest BCUT2D eigenvalue weighted by Gasteiger charge is -2.12. The first-order valence-corrected chi connectivity index (χ1v) is 5.29. The third-order valence-corrected chi connectivity index (χ3v) is 2.44. The first kappa shape index (κ1) is 11.9. The predicted octanol–water partition coefficient (Wildman–Crippen LogP) is 2.91. The van der Waals surface area contributed by atoms with Crippen LogP contribution in [-0.2, 0) is 4.74 Å². The second kappa shape index (κ2) is 5.08. The molecule has 0 fully saturated rings. The fourth-order valence-electron chi connectivity index (χ4n) is 1.55. The van der Waals surface area contributed by atoms with Gasteiger partial charge < -0.3 is 4.74 Å². The smallest absolute Gasteiger partial charge is 0.191 e. The molecule has 0 saturated heterocycles. The van der Waals surface area contributed by atoms with E-state index in [1.54, 1.807) is 6.92 Å². The van der Waals surface area contributed by atoms with Crippen LogP contribution in [0.5, 0.6) is 0 Å². The largest absolute Gasteiger partial charge is 0.371 e. The summed E-state index contributed by atoms with van der Waals surface area (Å²) in [6.45, 7) is 8.20. The topological polar surface area (TPSA) is 26.3 Å². The number of ether oxygens (including phenoxy) is 1. The fraction of sp³-hybridized carbons (Fsp3) is 0.462. The summed E-state index contributed by atoms with van der Waals surface area (Å²) in [5.74, 6) is 0.0676. The highest BCUT2D eigenvalue weighted by Crippen LogP contribution is 2.14. The van der Waals surface area contributed by atoms with E-state index in [0.717, 1.165) is 16.7 Å². The molecule has 0 aliphatic rings. The summed E-state index contributed by atoms with van der Waals surface area (Å²) >= 11 is 0. The van der Waals surface area contributed by atoms with Gasteiger partial charge in [-0.25, -0.2) is 0 Å². The molecule has 0 aromatic heterocycles. The maximum absolute atomic E-state index is 12.0. The fourth-order valence-corrected chi connectivity index (χ4v) is 1.55. The van der Waals surface area contributed by atoms with E-state index in [0.29, 0.717) is 6.61 Å². The molecule has 1 atom stereocenters. The Balaban J connectivity index is 2.95. The van der Waals surface area contributed by atoms with Crippen LogP contribution in [0.25, 0.3) is 0 Å². The Kier molecular flexibility index (Phi) is 4.04. The van der Waals surface area contributed by atoms with E-state index in [1.165, 1.54) is 0 Å². The highest BCUT2D eigenvalue weighted by molar-refractivity contribution is 6.00. The average Bonchev–Trinajstić information content (AvgIpc) is 2.21. The van der Waals surface area contributed by atoms with Crippen LogP contribution in [0, 0.1) is 13.8 Å². The number of carbonyl (C=O) groups excluding carboxylic acids is 1. The molecule has 1 aromatic rings. The highest BCUT2D eigenvalue weighted by Gasteiger charge is 2.16. The molecular formula is C13H18O2. The van der Waals surface area contributed by atoms with Crippen LogP contribution in [-0.4, -0.2) is 18.5 Å². The monoisotopic (exact) mass is 206 g/mol. The number of rotatable bonds is 4. The van der Waals surface area contributed by atoms with E-state index in [4.69, 9.17) is 4.74 Å². The molecule has 0 aliphatic carbocycles. The molecule has 2 heteroatoms. The first-order valence-electron chi connectivity index (χ1n) is 5.29. The first-order chi connectivity index (χ1) is 7.06. The highest BCUT2D eigenvalue weighted by atomic mass is 16.5. The number of Topliss-reactive ketones (excluding diaryl/α,β-unsaturated/α-hetero) is 1.